The van der Waals surface area contributed by atoms with Crippen molar-refractivity contribution in [3.05, 3.63) is 58.7 Å². The Balaban J connectivity index is 2.30. The van der Waals surface area contributed by atoms with Gasteiger partial charge in [0.1, 0.15) is 12.4 Å². The molecule has 0 aliphatic rings. The maximum absolute atomic E-state index is 11.9. The van der Waals surface area contributed by atoms with E-state index >= 15 is 0 Å². The first kappa shape index (κ1) is 20.3. The van der Waals surface area contributed by atoms with Crippen LogP contribution in [0.25, 0.3) is 0 Å². The average Bonchev–Trinajstić information content (AvgIpc) is 2.65. The van der Waals surface area contributed by atoms with E-state index in [1.54, 1.807) is 12.3 Å². The summed E-state index contributed by atoms with van der Waals surface area (Å²) in [6, 6.07) is 11.9. The summed E-state index contributed by atoms with van der Waals surface area (Å²) in [6.07, 6.45) is 2.63. The predicted molar refractivity (Wildman–Crippen MR) is 109 cm³/mol. The van der Waals surface area contributed by atoms with Gasteiger partial charge in [0.05, 0.1) is 5.69 Å². The Kier molecular flexibility index (Phi) is 7.12. The standard InChI is InChI=1S/C21H27NO3S/c1-6-16-7-10-20(15(4)11-16)25-13-18-12-17(14(2)3)8-9-19(18)22(24)21(23)26-5/h7-12,14,24H,6,13H2,1-5H3. The number of thioether (sulfide) groups is 1. The van der Waals surface area contributed by atoms with E-state index in [1.165, 1.54) is 5.56 Å². The first-order chi connectivity index (χ1) is 12.4. The van der Waals surface area contributed by atoms with Gasteiger partial charge in [-0.05, 0) is 60.4 Å². The van der Waals surface area contributed by atoms with E-state index in [4.69, 9.17) is 4.74 Å². The Hall–Kier alpha value is -1.98. The molecule has 2 aromatic rings. The zero-order valence-electron chi connectivity index (χ0n) is 16.1. The van der Waals surface area contributed by atoms with Gasteiger partial charge in [-0.2, -0.15) is 5.06 Å². The molecule has 0 heterocycles. The van der Waals surface area contributed by atoms with Gasteiger partial charge in [0.25, 0.3) is 0 Å². The maximum Gasteiger partial charge on any atom is 0.309 e. The van der Waals surface area contributed by atoms with Crippen molar-refractivity contribution in [2.24, 2.45) is 0 Å². The van der Waals surface area contributed by atoms with Crippen LogP contribution in [0, 0.1) is 6.92 Å². The van der Waals surface area contributed by atoms with E-state index in [2.05, 4.69) is 32.9 Å². The second kappa shape index (κ2) is 9.10. The summed E-state index contributed by atoms with van der Waals surface area (Å²) in [5, 5.41) is 10.5. The number of carbonyl (C=O) groups excluding carboxylic acids is 1. The molecule has 0 spiro atoms. The normalized spacial score (nSPS) is 10.9. The van der Waals surface area contributed by atoms with Gasteiger partial charge in [0, 0.05) is 5.56 Å². The summed E-state index contributed by atoms with van der Waals surface area (Å²) >= 11 is 0.964. The van der Waals surface area contributed by atoms with Crippen LogP contribution in [-0.4, -0.2) is 16.7 Å². The Bertz CT molecular complexity index is 774. The van der Waals surface area contributed by atoms with Crippen molar-refractivity contribution < 1.29 is 14.7 Å². The minimum atomic E-state index is -0.424. The van der Waals surface area contributed by atoms with Crippen molar-refractivity contribution in [3.8, 4) is 5.75 Å². The number of benzene rings is 2. The van der Waals surface area contributed by atoms with Crippen molar-refractivity contribution in [1.29, 1.82) is 0 Å². The van der Waals surface area contributed by atoms with Gasteiger partial charge in [-0.3, -0.25) is 10.0 Å². The van der Waals surface area contributed by atoms with Crippen molar-refractivity contribution in [3.63, 3.8) is 0 Å². The van der Waals surface area contributed by atoms with E-state index in [0.717, 1.165) is 40.6 Å². The fourth-order valence-electron chi connectivity index (χ4n) is 2.72. The van der Waals surface area contributed by atoms with Gasteiger partial charge >= 0.3 is 5.24 Å². The van der Waals surface area contributed by atoms with Crippen molar-refractivity contribution >= 4 is 22.7 Å². The van der Waals surface area contributed by atoms with Crippen molar-refractivity contribution in [1.82, 2.24) is 0 Å². The predicted octanol–water partition coefficient (Wildman–Crippen LogP) is 5.94. The number of hydroxylamine groups is 1. The van der Waals surface area contributed by atoms with E-state index in [0.29, 0.717) is 16.7 Å². The third-order valence-electron chi connectivity index (χ3n) is 4.38. The number of hydrogen-bond donors (Lipinski definition) is 1. The number of carbonyl (C=O) groups is 1. The molecular weight excluding hydrogens is 346 g/mol. The molecule has 5 heteroatoms. The Morgan fingerprint density at radius 3 is 2.54 bits per heavy atom. The van der Waals surface area contributed by atoms with Crippen LogP contribution in [0.3, 0.4) is 0 Å². The molecule has 0 atom stereocenters. The van der Waals surface area contributed by atoms with Gasteiger partial charge in [-0.15, -0.1) is 0 Å². The van der Waals surface area contributed by atoms with Crippen LogP contribution in [0.15, 0.2) is 36.4 Å². The molecule has 0 fully saturated rings. The number of nitrogens with zero attached hydrogens (tertiary/aromatic N) is 1. The fraction of sp³-hybridized carbons (Fsp3) is 0.381. The number of ether oxygens (including phenoxy) is 1. The Labute approximate surface area is 160 Å². The Morgan fingerprint density at radius 2 is 1.96 bits per heavy atom. The first-order valence-corrected chi connectivity index (χ1v) is 10.0. The molecule has 0 saturated heterocycles. The van der Waals surface area contributed by atoms with Crippen LogP contribution in [0.4, 0.5) is 10.5 Å². The highest BCUT2D eigenvalue weighted by Crippen LogP contribution is 2.28. The third-order valence-corrected chi connectivity index (χ3v) is 4.90. The van der Waals surface area contributed by atoms with Crippen LogP contribution >= 0.6 is 11.8 Å². The lowest BCUT2D eigenvalue weighted by Crippen LogP contribution is -2.24. The smallest absolute Gasteiger partial charge is 0.309 e. The van der Waals surface area contributed by atoms with Crippen LogP contribution < -0.4 is 9.80 Å². The number of amides is 1. The number of rotatable bonds is 6. The molecule has 1 amide bonds. The largest absolute Gasteiger partial charge is 0.489 e. The quantitative estimate of drug-likeness (QED) is 0.503. The highest BCUT2D eigenvalue weighted by atomic mass is 32.2. The van der Waals surface area contributed by atoms with Gasteiger partial charge in [-0.25, -0.2) is 0 Å². The van der Waals surface area contributed by atoms with Crippen molar-refractivity contribution in [2.75, 3.05) is 11.3 Å². The molecule has 0 bridgehead atoms. The van der Waals surface area contributed by atoms with Gasteiger partial charge in [0.2, 0.25) is 0 Å². The van der Waals surface area contributed by atoms with E-state index in [9.17, 15) is 10.0 Å². The fourth-order valence-corrected chi connectivity index (χ4v) is 2.99. The monoisotopic (exact) mass is 373 g/mol. The SMILES string of the molecule is CCc1ccc(OCc2cc(C(C)C)ccc2N(O)C(=O)SC)c(C)c1. The molecule has 0 saturated carbocycles. The Morgan fingerprint density at radius 1 is 1.23 bits per heavy atom. The molecule has 0 aromatic heterocycles. The topological polar surface area (TPSA) is 49.8 Å². The lowest BCUT2D eigenvalue weighted by Gasteiger charge is -2.20. The van der Waals surface area contributed by atoms with E-state index in [1.807, 2.05) is 25.1 Å². The molecule has 140 valence electrons. The molecule has 4 nitrogen and oxygen atoms in total. The molecule has 1 N–H and O–H groups in total. The van der Waals surface area contributed by atoms with Crippen LogP contribution in [-0.2, 0) is 13.0 Å². The minimum Gasteiger partial charge on any atom is -0.489 e. The maximum atomic E-state index is 11.9. The molecule has 0 aliphatic heterocycles. The summed E-state index contributed by atoms with van der Waals surface area (Å²) in [5.74, 6) is 1.15. The highest BCUT2D eigenvalue weighted by molar-refractivity contribution is 8.13. The lowest BCUT2D eigenvalue weighted by molar-refractivity contribution is 0.223. The molecule has 0 aliphatic carbocycles. The van der Waals surface area contributed by atoms with E-state index in [-0.39, 0.29) is 6.61 Å². The second-order valence-electron chi connectivity index (χ2n) is 6.57. The van der Waals surface area contributed by atoms with Crippen LogP contribution in [0.5, 0.6) is 5.75 Å². The highest BCUT2D eigenvalue weighted by Gasteiger charge is 2.18. The lowest BCUT2D eigenvalue weighted by atomic mass is 10.00. The third kappa shape index (κ3) is 4.80. The molecule has 0 radical (unpaired) electrons. The zero-order chi connectivity index (χ0) is 19.3. The summed E-state index contributed by atoms with van der Waals surface area (Å²) in [4.78, 5) is 11.9. The average molecular weight is 374 g/mol. The van der Waals surface area contributed by atoms with Crippen LogP contribution in [0.2, 0.25) is 0 Å². The first-order valence-electron chi connectivity index (χ1n) is 8.79. The second-order valence-corrected chi connectivity index (χ2v) is 7.32. The number of hydrogen-bond acceptors (Lipinski definition) is 4. The molecular formula is C21H27NO3S. The zero-order valence-corrected chi connectivity index (χ0v) is 16.9. The summed E-state index contributed by atoms with van der Waals surface area (Å²) in [7, 11) is 0. The molecule has 2 rings (SSSR count). The number of anilines is 1. The van der Waals surface area contributed by atoms with Crippen molar-refractivity contribution in [2.45, 2.75) is 46.6 Å². The number of aryl methyl sites for hydroxylation is 2. The molecule has 0 unspecified atom stereocenters. The van der Waals surface area contributed by atoms with Crippen LogP contribution in [0.1, 0.15) is 48.9 Å². The van der Waals surface area contributed by atoms with Gasteiger partial charge in [-0.1, -0.05) is 50.7 Å². The van der Waals surface area contributed by atoms with Gasteiger partial charge < -0.3 is 4.74 Å². The minimum absolute atomic E-state index is 0.279. The summed E-state index contributed by atoms with van der Waals surface area (Å²) < 4.78 is 6.01. The molecule has 2 aromatic carbocycles. The summed E-state index contributed by atoms with van der Waals surface area (Å²) in [5.41, 5.74) is 4.71. The van der Waals surface area contributed by atoms with Gasteiger partial charge in [0.15, 0.2) is 0 Å². The molecule has 26 heavy (non-hydrogen) atoms. The summed E-state index contributed by atoms with van der Waals surface area (Å²) in [6.45, 7) is 8.64. The van der Waals surface area contributed by atoms with E-state index < -0.39 is 5.24 Å².